The van der Waals surface area contributed by atoms with Crippen LogP contribution in [0.2, 0.25) is 0 Å². The second-order valence-electron chi connectivity index (χ2n) is 5.40. The van der Waals surface area contributed by atoms with Crippen LogP contribution in [0.15, 0.2) is 54.7 Å². The van der Waals surface area contributed by atoms with Crippen molar-refractivity contribution in [3.63, 3.8) is 0 Å². The van der Waals surface area contributed by atoms with Gasteiger partial charge in [-0.3, -0.25) is 4.98 Å². The summed E-state index contributed by atoms with van der Waals surface area (Å²) in [4.78, 5) is 24.1. The van der Waals surface area contributed by atoms with Crippen LogP contribution in [0.4, 0.5) is 17.5 Å². The fraction of sp³-hybridized carbons (Fsp3) is 0.111. The van der Waals surface area contributed by atoms with Gasteiger partial charge in [-0.15, -0.1) is 0 Å². The molecule has 0 aliphatic heterocycles. The van der Waals surface area contributed by atoms with E-state index < -0.39 is 5.97 Å². The van der Waals surface area contributed by atoms with Gasteiger partial charge in [0, 0.05) is 23.6 Å². The number of carbonyl (C=O) groups is 1. The van der Waals surface area contributed by atoms with E-state index in [1.54, 1.807) is 36.5 Å². The Morgan fingerprint density at radius 1 is 1.12 bits per heavy atom. The highest BCUT2D eigenvalue weighted by atomic mass is 16.4. The van der Waals surface area contributed by atoms with Gasteiger partial charge in [0.25, 0.3) is 0 Å². The van der Waals surface area contributed by atoms with E-state index in [2.05, 4.69) is 25.6 Å². The Balaban J connectivity index is 1.75. The molecular weight excluding hydrogens is 318 g/mol. The number of hydrogen-bond donors (Lipinski definition) is 3. The van der Waals surface area contributed by atoms with Crippen LogP contribution in [0.1, 0.15) is 21.7 Å². The second-order valence-corrected chi connectivity index (χ2v) is 5.40. The van der Waals surface area contributed by atoms with Gasteiger partial charge >= 0.3 is 5.97 Å². The lowest BCUT2D eigenvalue weighted by molar-refractivity contribution is 0.0697. The number of aryl methyl sites for hydroxylation is 1. The highest BCUT2D eigenvalue weighted by Gasteiger charge is 2.06. The van der Waals surface area contributed by atoms with Crippen molar-refractivity contribution in [3.8, 4) is 0 Å². The number of carboxylic acid groups (broad SMARTS) is 1. The number of benzene rings is 1. The highest BCUT2D eigenvalue weighted by Crippen LogP contribution is 2.18. The lowest BCUT2D eigenvalue weighted by Crippen LogP contribution is -2.07. The van der Waals surface area contributed by atoms with Crippen LogP contribution >= 0.6 is 0 Å². The summed E-state index contributed by atoms with van der Waals surface area (Å²) in [5, 5.41) is 15.3. The number of anilines is 3. The van der Waals surface area contributed by atoms with Crippen molar-refractivity contribution in [3.05, 3.63) is 71.7 Å². The number of pyridine rings is 1. The number of aromatic nitrogens is 3. The van der Waals surface area contributed by atoms with Gasteiger partial charge in [-0.05, 0) is 37.3 Å². The van der Waals surface area contributed by atoms with Gasteiger partial charge in [0.15, 0.2) is 0 Å². The Labute approximate surface area is 144 Å². The summed E-state index contributed by atoms with van der Waals surface area (Å²) in [5.41, 5.74) is 2.53. The molecule has 0 aliphatic carbocycles. The standard InChI is InChI=1S/C18H17N5O2/c1-12-9-16(22-14-7-4-5-13(10-14)17(24)25)23-18(21-12)20-11-15-6-2-3-8-19-15/h2-10H,11H2,1H3,(H,24,25)(H2,20,21,22,23). The van der Waals surface area contributed by atoms with Crippen LogP contribution in [0.5, 0.6) is 0 Å². The van der Waals surface area contributed by atoms with E-state index in [-0.39, 0.29) is 5.56 Å². The molecule has 0 saturated carbocycles. The van der Waals surface area contributed by atoms with Crippen molar-refractivity contribution < 1.29 is 9.90 Å². The Hall–Kier alpha value is -3.48. The van der Waals surface area contributed by atoms with Gasteiger partial charge in [-0.1, -0.05) is 12.1 Å². The van der Waals surface area contributed by atoms with Crippen LogP contribution in [-0.4, -0.2) is 26.0 Å². The summed E-state index contributed by atoms with van der Waals surface area (Å²) < 4.78 is 0. The van der Waals surface area contributed by atoms with Crippen molar-refractivity contribution in [1.29, 1.82) is 0 Å². The molecule has 7 heteroatoms. The molecule has 25 heavy (non-hydrogen) atoms. The summed E-state index contributed by atoms with van der Waals surface area (Å²) in [6.45, 7) is 2.38. The first-order chi connectivity index (χ1) is 12.1. The predicted molar refractivity (Wildman–Crippen MR) is 95.0 cm³/mol. The van der Waals surface area contributed by atoms with Crippen LogP contribution in [0.3, 0.4) is 0 Å². The van der Waals surface area contributed by atoms with Crippen molar-refractivity contribution >= 4 is 23.4 Å². The normalized spacial score (nSPS) is 10.3. The maximum Gasteiger partial charge on any atom is 0.335 e. The van der Waals surface area contributed by atoms with Crippen molar-refractivity contribution in [2.75, 3.05) is 10.6 Å². The van der Waals surface area contributed by atoms with Gasteiger partial charge in [0.1, 0.15) is 5.82 Å². The first-order valence-corrected chi connectivity index (χ1v) is 7.70. The quantitative estimate of drug-likeness (QED) is 0.636. The van der Waals surface area contributed by atoms with E-state index in [0.717, 1.165) is 11.4 Å². The number of carboxylic acids is 1. The van der Waals surface area contributed by atoms with Gasteiger partial charge in [0.2, 0.25) is 5.95 Å². The van der Waals surface area contributed by atoms with E-state index in [1.165, 1.54) is 0 Å². The molecule has 0 unspecified atom stereocenters. The Morgan fingerprint density at radius 3 is 2.76 bits per heavy atom. The molecule has 0 fully saturated rings. The molecule has 2 heterocycles. The van der Waals surface area contributed by atoms with Gasteiger partial charge in [-0.2, -0.15) is 4.98 Å². The summed E-state index contributed by atoms with van der Waals surface area (Å²) in [5.74, 6) is 0.0846. The molecule has 2 aromatic heterocycles. The minimum absolute atomic E-state index is 0.212. The first kappa shape index (κ1) is 16.4. The zero-order valence-electron chi connectivity index (χ0n) is 13.6. The first-order valence-electron chi connectivity index (χ1n) is 7.70. The molecule has 0 saturated heterocycles. The van der Waals surface area contributed by atoms with E-state index in [9.17, 15) is 4.79 Å². The number of nitrogens with one attached hydrogen (secondary N) is 2. The van der Waals surface area contributed by atoms with Crippen molar-refractivity contribution in [2.24, 2.45) is 0 Å². The lowest BCUT2D eigenvalue weighted by atomic mass is 10.2. The van der Waals surface area contributed by atoms with E-state index >= 15 is 0 Å². The zero-order valence-corrected chi connectivity index (χ0v) is 13.6. The fourth-order valence-electron chi connectivity index (χ4n) is 2.26. The van der Waals surface area contributed by atoms with Crippen LogP contribution in [-0.2, 0) is 6.54 Å². The molecule has 0 bridgehead atoms. The SMILES string of the molecule is Cc1cc(Nc2cccc(C(=O)O)c2)nc(NCc2ccccn2)n1. The molecule has 3 N–H and O–H groups in total. The highest BCUT2D eigenvalue weighted by molar-refractivity contribution is 5.89. The van der Waals surface area contributed by atoms with Crippen LogP contribution in [0, 0.1) is 6.92 Å². The van der Waals surface area contributed by atoms with E-state index in [0.29, 0.717) is 24.0 Å². The average molecular weight is 335 g/mol. The average Bonchev–Trinajstić information content (AvgIpc) is 2.60. The minimum atomic E-state index is -0.972. The lowest BCUT2D eigenvalue weighted by Gasteiger charge is -2.10. The minimum Gasteiger partial charge on any atom is -0.478 e. The van der Waals surface area contributed by atoms with Crippen molar-refractivity contribution in [2.45, 2.75) is 13.5 Å². The predicted octanol–water partition coefficient (Wildman–Crippen LogP) is 3.23. The Bertz CT molecular complexity index is 884. The summed E-state index contributed by atoms with van der Waals surface area (Å²) in [6, 6.07) is 14.0. The summed E-state index contributed by atoms with van der Waals surface area (Å²) in [7, 11) is 0. The molecule has 0 radical (unpaired) electrons. The maximum absolute atomic E-state index is 11.1. The fourth-order valence-corrected chi connectivity index (χ4v) is 2.26. The van der Waals surface area contributed by atoms with E-state index in [1.807, 2.05) is 25.1 Å². The second kappa shape index (κ2) is 7.39. The van der Waals surface area contributed by atoms with E-state index in [4.69, 9.17) is 5.11 Å². The molecule has 7 nitrogen and oxygen atoms in total. The molecule has 3 rings (SSSR count). The molecule has 126 valence electrons. The number of aromatic carboxylic acids is 1. The Kier molecular flexibility index (Phi) is 4.84. The third kappa shape index (κ3) is 4.51. The third-order valence-electron chi connectivity index (χ3n) is 3.39. The zero-order chi connectivity index (χ0) is 17.6. The smallest absolute Gasteiger partial charge is 0.335 e. The molecule has 0 aliphatic rings. The summed E-state index contributed by atoms with van der Waals surface area (Å²) in [6.07, 6.45) is 1.73. The molecule has 3 aromatic rings. The van der Waals surface area contributed by atoms with Gasteiger partial charge in [0.05, 0.1) is 17.8 Å². The molecular formula is C18H17N5O2. The number of rotatable bonds is 6. The van der Waals surface area contributed by atoms with Crippen molar-refractivity contribution in [1.82, 2.24) is 15.0 Å². The van der Waals surface area contributed by atoms with Crippen LogP contribution < -0.4 is 10.6 Å². The molecule has 0 amide bonds. The van der Waals surface area contributed by atoms with Gasteiger partial charge < -0.3 is 15.7 Å². The topological polar surface area (TPSA) is 100 Å². The monoisotopic (exact) mass is 335 g/mol. The summed E-state index contributed by atoms with van der Waals surface area (Å²) >= 11 is 0. The Morgan fingerprint density at radius 2 is 2.00 bits per heavy atom. The van der Waals surface area contributed by atoms with Crippen LogP contribution in [0.25, 0.3) is 0 Å². The molecule has 1 aromatic carbocycles. The number of nitrogens with zero attached hydrogens (tertiary/aromatic N) is 3. The number of hydrogen-bond acceptors (Lipinski definition) is 6. The third-order valence-corrected chi connectivity index (χ3v) is 3.39. The molecule has 0 spiro atoms. The largest absolute Gasteiger partial charge is 0.478 e. The maximum atomic E-state index is 11.1. The molecule has 0 atom stereocenters. The van der Waals surface area contributed by atoms with Gasteiger partial charge in [-0.25, -0.2) is 9.78 Å².